The molecule has 4 nitrogen and oxygen atoms in total. The van der Waals surface area contributed by atoms with Crippen LogP contribution in [0.3, 0.4) is 0 Å². The zero-order valence-electron chi connectivity index (χ0n) is 10.7. The third-order valence-corrected chi connectivity index (χ3v) is 5.74. The van der Waals surface area contributed by atoms with Gasteiger partial charge in [-0.1, -0.05) is 0 Å². The van der Waals surface area contributed by atoms with Gasteiger partial charge in [0.1, 0.15) is 0 Å². The molecule has 2 N–H and O–H groups in total. The molecule has 0 unspecified atom stereocenters. The van der Waals surface area contributed by atoms with Gasteiger partial charge in [0.05, 0.1) is 21.7 Å². The number of nitrogens with one attached hydrogen (secondary N) is 1. The molecular weight excluding hydrogens is 238 g/mol. The van der Waals surface area contributed by atoms with Gasteiger partial charge in [-0.05, 0) is 51.9 Å². The van der Waals surface area contributed by atoms with Gasteiger partial charge in [0.15, 0.2) is 0 Å². The van der Waals surface area contributed by atoms with Gasteiger partial charge in [-0.25, -0.2) is 8.93 Å². The van der Waals surface area contributed by atoms with E-state index in [9.17, 15) is 9.00 Å². The van der Waals surface area contributed by atoms with Gasteiger partial charge in [0.25, 0.3) is 0 Å². The van der Waals surface area contributed by atoms with Crippen molar-refractivity contribution in [1.82, 2.24) is 4.72 Å². The lowest BCUT2D eigenvalue weighted by Crippen LogP contribution is -2.62. The molecular formula is C12H21NO3S. The van der Waals surface area contributed by atoms with Crippen molar-refractivity contribution >= 4 is 17.0 Å². The van der Waals surface area contributed by atoms with E-state index in [-0.39, 0.29) is 22.1 Å². The topological polar surface area (TPSA) is 66.4 Å². The minimum atomic E-state index is -1.05. The van der Waals surface area contributed by atoms with Crippen LogP contribution in [0, 0.1) is 11.3 Å². The summed E-state index contributed by atoms with van der Waals surface area (Å²) in [6.45, 7) is 5.84. The fourth-order valence-corrected chi connectivity index (χ4v) is 3.75. The summed E-state index contributed by atoms with van der Waals surface area (Å²) in [4.78, 5) is 10.8. The first kappa shape index (κ1) is 13.0. The molecule has 2 atom stereocenters. The van der Waals surface area contributed by atoms with Gasteiger partial charge in [0, 0.05) is 6.04 Å². The molecule has 98 valence electrons. The first-order chi connectivity index (χ1) is 7.74. The van der Waals surface area contributed by atoms with Crippen LogP contribution in [0.15, 0.2) is 0 Å². The second-order valence-corrected chi connectivity index (χ2v) is 8.39. The first-order valence-corrected chi connectivity index (χ1v) is 7.30. The van der Waals surface area contributed by atoms with E-state index >= 15 is 0 Å². The van der Waals surface area contributed by atoms with Crippen LogP contribution < -0.4 is 4.72 Å². The molecule has 0 amide bonds. The van der Waals surface area contributed by atoms with Crippen molar-refractivity contribution in [2.75, 3.05) is 0 Å². The number of hydrogen-bond acceptors (Lipinski definition) is 2. The van der Waals surface area contributed by atoms with Gasteiger partial charge >= 0.3 is 5.97 Å². The van der Waals surface area contributed by atoms with Crippen molar-refractivity contribution in [2.24, 2.45) is 11.3 Å². The van der Waals surface area contributed by atoms with Gasteiger partial charge in [0.2, 0.25) is 0 Å². The van der Waals surface area contributed by atoms with E-state index in [0.29, 0.717) is 0 Å². The van der Waals surface area contributed by atoms with E-state index in [1.165, 1.54) is 0 Å². The molecule has 2 fully saturated rings. The smallest absolute Gasteiger partial charge is 0.306 e. The van der Waals surface area contributed by atoms with Crippen molar-refractivity contribution in [2.45, 2.75) is 57.2 Å². The number of hydrogen-bond donors (Lipinski definition) is 2. The molecule has 2 aliphatic rings. The maximum absolute atomic E-state index is 12.0. The summed E-state index contributed by atoms with van der Waals surface area (Å²) >= 11 is 0. The number of rotatable bonds is 3. The highest BCUT2D eigenvalue weighted by molar-refractivity contribution is 7.84. The van der Waals surface area contributed by atoms with E-state index in [1.54, 1.807) is 0 Å². The van der Waals surface area contributed by atoms with E-state index in [0.717, 1.165) is 25.7 Å². The molecule has 2 saturated carbocycles. The second kappa shape index (κ2) is 4.05. The highest BCUT2D eigenvalue weighted by Gasteiger charge is 2.57. The third kappa shape index (κ3) is 2.27. The second-order valence-electron chi connectivity index (χ2n) is 6.40. The molecule has 1 spiro atoms. The van der Waals surface area contributed by atoms with Crippen LogP contribution >= 0.6 is 0 Å². The summed E-state index contributed by atoms with van der Waals surface area (Å²) in [5.74, 6) is -0.860. The monoisotopic (exact) mass is 259 g/mol. The van der Waals surface area contributed by atoms with Gasteiger partial charge < -0.3 is 5.11 Å². The highest BCUT2D eigenvalue weighted by atomic mass is 32.2. The first-order valence-electron chi connectivity index (χ1n) is 6.15. The lowest BCUT2D eigenvalue weighted by molar-refractivity contribution is -0.156. The fourth-order valence-electron chi connectivity index (χ4n) is 2.77. The molecule has 0 bridgehead atoms. The Morgan fingerprint density at radius 3 is 2.35 bits per heavy atom. The summed E-state index contributed by atoms with van der Waals surface area (Å²) in [6, 6.07) is 0.248. The normalized spacial score (nSPS) is 38.3. The summed E-state index contributed by atoms with van der Waals surface area (Å²) in [6.07, 6.45) is 3.60. The quantitative estimate of drug-likeness (QED) is 0.810. The SMILES string of the molecule is CC(C)(C)[S@@](=O)N[C@@H]1CCC12CC(C(=O)O)C2. The molecule has 0 radical (unpaired) electrons. The van der Waals surface area contributed by atoms with Crippen molar-refractivity contribution in [3.05, 3.63) is 0 Å². The van der Waals surface area contributed by atoms with E-state index in [1.807, 2.05) is 20.8 Å². The van der Waals surface area contributed by atoms with Crippen LogP contribution in [-0.4, -0.2) is 26.1 Å². The van der Waals surface area contributed by atoms with Crippen LogP contribution in [0.4, 0.5) is 0 Å². The van der Waals surface area contributed by atoms with Crippen LogP contribution in [0.5, 0.6) is 0 Å². The zero-order valence-corrected chi connectivity index (χ0v) is 11.5. The summed E-state index contributed by atoms with van der Waals surface area (Å²) in [5, 5.41) is 8.90. The predicted octanol–water partition coefficient (Wildman–Crippen LogP) is 1.68. The Kier molecular flexibility index (Phi) is 3.11. The standard InChI is InChI=1S/C12H21NO3S/c1-11(2,3)17(16)13-9-4-5-12(9)6-8(7-12)10(14)15/h8-9,13H,4-7H2,1-3H3,(H,14,15)/t8?,9-,12?,17-/m1/s1. The van der Waals surface area contributed by atoms with Crippen LogP contribution in [0.1, 0.15) is 46.5 Å². The van der Waals surface area contributed by atoms with Crippen molar-refractivity contribution in [3.8, 4) is 0 Å². The lowest BCUT2D eigenvalue weighted by Gasteiger charge is -2.58. The largest absolute Gasteiger partial charge is 0.481 e. The van der Waals surface area contributed by atoms with E-state index in [2.05, 4.69) is 4.72 Å². The number of aliphatic carboxylic acids is 1. The Morgan fingerprint density at radius 2 is 2.00 bits per heavy atom. The Morgan fingerprint density at radius 1 is 1.41 bits per heavy atom. The average molecular weight is 259 g/mol. The molecule has 0 aromatic rings. The summed E-state index contributed by atoms with van der Waals surface area (Å²) < 4.78 is 14.9. The zero-order chi connectivity index (χ0) is 12.8. The van der Waals surface area contributed by atoms with Crippen molar-refractivity contribution in [1.29, 1.82) is 0 Å². The molecule has 0 aromatic carbocycles. The summed E-state index contributed by atoms with van der Waals surface area (Å²) in [5.41, 5.74) is 0.129. The van der Waals surface area contributed by atoms with Crippen molar-refractivity contribution in [3.63, 3.8) is 0 Å². The third-order valence-electron chi connectivity index (χ3n) is 4.13. The van der Waals surface area contributed by atoms with Gasteiger partial charge in [-0.3, -0.25) is 4.79 Å². The average Bonchev–Trinajstić information content (AvgIpc) is 2.07. The Hall–Kier alpha value is -0.420. The van der Waals surface area contributed by atoms with Crippen LogP contribution in [0.25, 0.3) is 0 Å². The number of carbonyl (C=O) groups is 1. The molecule has 0 saturated heterocycles. The molecule has 17 heavy (non-hydrogen) atoms. The molecule has 0 aliphatic heterocycles. The molecule has 2 rings (SSSR count). The minimum absolute atomic E-state index is 0.129. The minimum Gasteiger partial charge on any atom is -0.481 e. The Labute approximate surface area is 105 Å². The van der Waals surface area contributed by atoms with Crippen molar-refractivity contribution < 1.29 is 14.1 Å². The number of carboxylic acids is 1. The van der Waals surface area contributed by atoms with E-state index in [4.69, 9.17) is 5.11 Å². The predicted molar refractivity (Wildman–Crippen MR) is 66.8 cm³/mol. The van der Waals surface area contributed by atoms with Gasteiger partial charge in [-0.15, -0.1) is 0 Å². The molecule has 5 heteroatoms. The fraction of sp³-hybridized carbons (Fsp3) is 0.917. The molecule has 2 aliphatic carbocycles. The van der Waals surface area contributed by atoms with Crippen LogP contribution in [-0.2, 0) is 15.8 Å². The maximum Gasteiger partial charge on any atom is 0.306 e. The van der Waals surface area contributed by atoms with Crippen LogP contribution in [0.2, 0.25) is 0 Å². The maximum atomic E-state index is 12.0. The Bertz CT molecular complexity index is 355. The molecule has 0 heterocycles. The lowest BCUT2D eigenvalue weighted by atomic mass is 9.49. The van der Waals surface area contributed by atoms with E-state index < -0.39 is 17.0 Å². The number of carboxylic acid groups (broad SMARTS) is 1. The van der Waals surface area contributed by atoms with Gasteiger partial charge in [-0.2, -0.15) is 0 Å². The Balaban J connectivity index is 1.89. The highest BCUT2D eigenvalue weighted by Crippen LogP contribution is 2.58. The molecule has 0 aromatic heterocycles. The summed E-state index contributed by atoms with van der Waals surface area (Å²) in [7, 11) is -1.05.